The molecule has 1 aliphatic rings. The molecule has 24 heavy (non-hydrogen) atoms. The minimum atomic E-state index is -3.83. The fourth-order valence-electron chi connectivity index (χ4n) is 2.84. The molecule has 1 aromatic heterocycles. The van der Waals surface area contributed by atoms with Gasteiger partial charge in [-0.05, 0) is 24.1 Å². The van der Waals surface area contributed by atoms with Crippen LogP contribution in [0, 0.1) is 0 Å². The number of sulfonamides is 1. The van der Waals surface area contributed by atoms with Crippen molar-refractivity contribution < 1.29 is 17.9 Å². The summed E-state index contributed by atoms with van der Waals surface area (Å²) >= 11 is 0. The Morgan fingerprint density at radius 2 is 2.08 bits per heavy atom. The summed E-state index contributed by atoms with van der Waals surface area (Å²) in [6, 6.07) is 5.80. The first-order chi connectivity index (χ1) is 11.5. The van der Waals surface area contributed by atoms with Crippen LogP contribution in [0.15, 0.2) is 35.5 Å². The lowest BCUT2D eigenvalue weighted by Crippen LogP contribution is -2.49. The molecular weight excluding hydrogens is 330 g/mol. The van der Waals surface area contributed by atoms with Gasteiger partial charge in [0.05, 0.1) is 36.3 Å². The van der Waals surface area contributed by atoms with E-state index in [0.29, 0.717) is 11.4 Å². The summed E-state index contributed by atoms with van der Waals surface area (Å²) in [6.45, 7) is 2.06. The highest BCUT2D eigenvalue weighted by Crippen LogP contribution is 2.28. The first-order valence-electron chi connectivity index (χ1n) is 7.67. The molecule has 1 atom stereocenters. The van der Waals surface area contributed by atoms with Gasteiger partial charge >= 0.3 is 5.97 Å². The lowest BCUT2D eigenvalue weighted by atomic mass is 10.1. The average Bonchev–Trinajstić information content (AvgIpc) is 3.07. The van der Waals surface area contributed by atoms with E-state index in [4.69, 9.17) is 4.74 Å². The first-order valence-corrected chi connectivity index (χ1v) is 9.11. The Bertz CT molecular complexity index is 842. The van der Waals surface area contributed by atoms with Crippen LogP contribution in [0.25, 0.3) is 0 Å². The number of aromatic nitrogens is 2. The Balaban J connectivity index is 2.01. The molecule has 0 bridgehead atoms. The molecule has 0 fully saturated rings. The van der Waals surface area contributed by atoms with Gasteiger partial charge in [0.2, 0.25) is 10.0 Å². The molecule has 0 saturated carbocycles. The minimum absolute atomic E-state index is 0.0625. The Morgan fingerprint density at radius 3 is 2.71 bits per heavy atom. The van der Waals surface area contributed by atoms with Crippen molar-refractivity contribution in [3.8, 4) is 0 Å². The summed E-state index contributed by atoms with van der Waals surface area (Å²) in [5, 5.41) is 0. The standard InChI is InChI=1S/C16H19N3O4S/c1-3-11-4-6-12(7-5-11)24(21,22)19-9-14-13(17-10-18-14)8-15(19)16(20)23-2/h4-7,10,15H,3,8-9H2,1-2H3,(H,17,18). The maximum absolute atomic E-state index is 13.0. The fourth-order valence-corrected chi connectivity index (χ4v) is 4.38. The zero-order chi connectivity index (χ0) is 17.3. The number of imidazole rings is 1. The number of hydrogen-bond donors (Lipinski definition) is 1. The van der Waals surface area contributed by atoms with E-state index >= 15 is 0 Å². The van der Waals surface area contributed by atoms with Crippen molar-refractivity contribution in [2.24, 2.45) is 0 Å². The highest BCUT2D eigenvalue weighted by Gasteiger charge is 2.41. The van der Waals surface area contributed by atoms with Gasteiger partial charge in [0, 0.05) is 6.42 Å². The van der Waals surface area contributed by atoms with Crippen molar-refractivity contribution in [3.05, 3.63) is 47.5 Å². The van der Waals surface area contributed by atoms with Crippen molar-refractivity contribution in [3.63, 3.8) is 0 Å². The van der Waals surface area contributed by atoms with Gasteiger partial charge in [0.15, 0.2) is 0 Å². The van der Waals surface area contributed by atoms with Crippen LogP contribution in [0.1, 0.15) is 23.9 Å². The van der Waals surface area contributed by atoms with E-state index in [0.717, 1.165) is 12.0 Å². The number of nitrogens with one attached hydrogen (secondary N) is 1. The van der Waals surface area contributed by atoms with E-state index in [1.165, 1.54) is 17.7 Å². The second-order valence-electron chi connectivity index (χ2n) is 5.62. The van der Waals surface area contributed by atoms with Crippen LogP contribution in [-0.4, -0.2) is 41.8 Å². The number of fused-ring (bicyclic) bond motifs is 1. The molecule has 1 aromatic carbocycles. The molecule has 0 saturated heterocycles. The highest BCUT2D eigenvalue weighted by atomic mass is 32.2. The Labute approximate surface area is 140 Å². The van der Waals surface area contributed by atoms with Gasteiger partial charge in [-0.15, -0.1) is 0 Å². The van der Waals surface area contributed by atoms with Crippen LogP contribution in [-0.2, 0) is 38.9 Å². The monoisotopic (exact) mass is 349 g/mol. The van der Waals surface area contributed by atoms with E-state index in [2.05, 4.69) is 9.97 Å². The van der Waals surface area contributed by atoms with Gasteiger partial charge in [-0.2, -0.15) is 4.31 Å². The maximum Gasteiger partial charge on any atom is 0.324 e. The number of H-pyrrole nitrogens is 1. The molecule has 128 valence electrons. The molecule has 8 heteroatoms. The summed E-state index contributed by atoms with van der Waals surface area (Å²) in [5.41, 5.74) is 2.44. The quantitative estimate of drug-likeness (QED) is 0.839. The summed E-state index contributed by atoms with van der Waals surface area (Å²) in [4.78, 5) is 19.4. The molecule has 3 rings (SSSR count). The van der Waals surface area contributed by atoms with Gasteiger partial charge in [-0.3, -0.25) is 4.79 Å². The van der Waals surface area contributed by atoms with Crippen LogP contribution < -0.4 is 0 Å². The summed E-state index contributed by atoms with van der Waals surface area (Å²) < 4.78 is 32.0. The maximum atomic E-state index is 13.0. The zero-order valence-corrected chi connectivity index (χ0v) is 14.3. The first kappa shape index (κ1) is 16.7. The number of carbonyl (C=O) groups excluding carboxylic acids is 1. The number of esters is 1. The van der Waals surface area contributed by atoms with Crippen LogP contribution in [0.4, 0.5) is 0 Å². The summed E-state index contributed by atoms with van der Waals surface area (Å²) in [5.74, 6) is -0.586. The molecule has 1 aliphatic heterocycles. The van der Waals surface area contributed by atoms with E-state index in [1.54, 1.807) is 24.3 Å². The molecule has 1 N–H and O–H groups in total. The molecule has 1 unspecified atom stereocenters. The fraction of sp³-hybridized carbons (Fsp3) is 0.375. The number of carbonyl (C=O) groups is 1. The molecule has 0 radical (unpaired) electrons. The van der Waals surface area contributed by atoms with E-state index in [9.17, 15) is 13.2 Å². The van der Waals surface area contributed by atoms with Crippen LogP contribution >= 0.6 is 0 Å². The van der Waals surface area contributed by atoms with Gasteiger partial charge in [-0.1, -0.05) is 19.1 Å². The zero-order valence-electron chi connectivity index (χ0n) is 13.5. The van der Waals surface area contributed by atoms with Gasteiger partial charge < -0.3 is 9.72 Å². The minimum Gasteiger partial charge on any atom is -0.468 e. The largest absolute Gasteiger partial charge is 0.468 e. The van der Waals surface area contributed by atoms with Crippen molar-refractivity contribution in [2.75, 3.05) is 7.11 Å². The Kier molecular flexibility index (Phi) is 4.42. The molecule has 0 aliphatic carbocycles. The Hall–Kier alpha value is -2.19. The number of hydrogen-bond acceptors (Lipinski definition) is 5. The Morgan fingerprint density at radius 1 is 1.38 bits per heavy atom. The molecule has 2 heterocycles. The molecule has 0 spiro atoms. The highest BCUT2D eigenvalue weighted by molar-refractivity contribution is 7.89. The van der Waals surface area contributed by atoms with Crippen LogP contribution in [0.2, 0.25) is 0 Å². The number of rotatable bonds is 4. The van der Waals surface area contributed by atoms with Crippen molar-refractivity contribution in [2.45, 2.75) is 37.2 Å². The number of ether oxygens (including phenoxy) is 1. The van der Waals surface area contributed by atoms with Crippen molar-refractivity contribution in [1.29, 1.82) is 0 Å². The normalized spacial score (nSPS) is 18.2. The number of aromatic amines is 1. The topological polar surface area (TPSA) is 92.4 Å². The number of nitrogens with zero attached hydrogens (tertiary/aromatic N) is 2. The molecule has 7 nitrogen and oxygen atoms in total. The summed E-state index contributed by atoms with van der Waals surface area (Å²) in [7, 11) is -2.57. The third-order valence-electron chi connectivity index (χ3n) is 4.27. The van der Waals surface area contributed by atoms with Crippen molar-refractivity contribution in [1.82, 2.24) is 14.3 Å². The van der Waals surface area contributed by atoms with E-state index < -0.39 is 22.0 Å². The SMILES string of the molecule is CCc1ccc(S(=O)(=O)N2Cc3[nH]cnc3CC2C(=O)OC)cc1. The van der Waals surface area contributed by atoms with Gasteiger partial charge in [0.1, 0.15) is 6.04 Å². The third kappa shape index (κ3) is 2.83. The molecular formula is C16H19N3O4S. The van der Waals surface area contributed by atoms with Crippen LogP contribution in [0.3, 0.4) is 0 Å². The molecule has 2 aromatic rings. The summed E-state index contributed by atoms with van der Waals surface area (Å²) in [6.07, 6.45) is 2.52. The number of methoxy groups -OCH3 is 1. The predicted octanol–water partition coefficient (Wildman–Crippen LogP) is 1.26. The smallest absolute Gasteiger partial charge is 0.324 e. The third-order valence-corrected chi connectivity index (χ3v) is 6.14. The molecule has 0 amide bonds. The van der Waals surface area contributed by atoms with Gasteiger partial charge in [0.25, 0.3) is 0 Å². The second kappa shape index (κ2) is 6.37. The second-order valence-corrected chi connectivity index (χ2v) is 7.51. The lowest BCUT2D eigenvalue weighted by Gasteiger charge is -2.32. The number of benzene rings is 1. The lowest BCUT2D eigenvalue weighted by molar-refractivity contribution is -0.145. The number of aryl methyl sites for hydroxylation is 1. The van der Waals surface area contributed by atoms with Crippen molar-refractivity contribution >= 4 is 16.0 Å². The average molecular weight is 349 g/mol. The van der Waals surface area contributed by atoms with E-state index in [1.807, 2.05) is 6.92 Å². The predicted molar refractivity (Wildman–Crippen MR) is 86.6 cm³/mol. The van der Waals surface area contributed by atoms with E-state index in [-0.39, 0.29) is 17.9 Å². The van der Waals surface area contributed by atoms with Crippen LogP contribution in [0.5, 0.6) is 0 Å². The van der Waals surface area contributed by atoms with Gasteiger partial charge in [-0.25, -0.2) is 13.4 Å².